The van der Waals surface area contributed by atoms with Gasteiger partial charge >= 0.3 is 12.1 Å². The van der Waals surface area contributed by atoms with Gasteiger partial charge in [-0.25, -0.2) is 9.59 Å². The number of nitrogens with one attached hydrogen (secondary N) is 1. The molecular formula is C17H18N2O4. The molecule has 1 aromatic carbocycles. The van der Waals surface area contributed by atoms with Crippen molar-refractivity contribution in [2.45, 2.75) is 18.9 Å². The Morgan fingerprint density at radius 1 is 1.13 bits per heavy atom. The molecule has 0 unspecified atom stereocenters. The first-order valence-corrected chi connectivity index (χ1v) is 7.25. The Hall–Kier alpha value is -2.89. The monoisotopic (exact) mass is 314 g/mol. The van der Waals surface area contributed by atoms with Crippen molar-refractivity contribution in [1.82, 2.24) is 10.3 Å². The number of carbonyl (C=O) groups is 2. The van der Waals surface area contributed by atoms with Gasteiger partial charge < -0.3 is 15.2 Å². The van der Waals surface area contributed by atoms with Crippen molar-refractivity contribution in [2.24, 2.45) is 0 Å². The molecule has 1 heterocycles. The number of ether oxygens (including phenoxy) is 1. The predicted octanol–water partition coefficient (Wildman–Crippen LogP) is 2.05. The highest BCUT2D eigenvalue weighted by Gasteiger charge is 2.21. The molecule has 0 aliphatic carbocycles. The second-order valence-corrected chi connectivity index (χ2v) is 4.93. The smallest absolute Gasteiger partial charge is 0.407 e. The molecule has 120 valence electrons. The zero-order chi connectivity index (χ0) is 16.5. The van der Waals surface area contributed by atoms with E-state index in [1.807, 2.05) is 42.5 Å². The largest absolute Gasteiger partial charge is 0.480 e. The lowest BCUT2D eigenvalue weighted by Gasteiger charge is -2.14. The van der Waals surface area contributed by atoms with E-state index in [2.05, 4.69) is 10.3 Å². The second-order valence-electron chi connectivity index (χ2n) is 4.93. The van der Waals surface area contributed by atoms with Crippen LogP contribution in [0.2, 0.25) is 0 Å². The minimum atomic E-state index is -1.10. The van der Waals surface area contributed by atoms with Crippen LogP contribution in [0.1, 0.15) is 11.3 Å². The van der Waals surface area contributed by atoms with Gasteiger partial charge in [0.1, 0.15) is 6.04 Å². The summed E-state index contributed by atoms with van der Waals surface area (Å²) in [7, 11) is 0. The summed E-state index contributed by atoms with van der Waals surface area (Å²) in [5, 5.41) is 11.6. The summed E-state index contributed by atoms with van der Waals surface area (Å²) in [5.41, 5.74) is 1.63. The summed E-state index contributed by atoms with van der Waals surface area (Å²) < 4.78 is 5.01. The fourth-order valence-electron chi connectivity index (χ4n) is 2.03. The quantitative estimate of drug-likeness (QED) is 0.816. The number of aromatic nitrogens is 1. The molecule has 0 spiro atoms. The molecule has 0 radical (unpaired) electrons. The first kappa shape index (κ1) is 16.5. The van der Waals surface area contributed by atoms with Crippen LogP contribution >= 0.6 is 0 Å². The Bertz CT molecular complexity index is 632. The summed E-state index contributed by atoms with van der Waals surface area (Å²) in [6.07, 6.45) is 1.59. The van der Waals surface area contributed by atoms with Gasteiger partial charge in [0.05, 0.1) is 6.61 Å². The molecule has 1 amide bonds. The standard InChI is InChI=1S/C17H18N2O4/c20-16(21)15(12-13-6-2-1-3-7-13)19-17(22)23-11-9-14-8-4-5-10-18-14/h1-8,10,15H,9,11-12H2,(H,19,22)(H,20,21)/t15-/m0/s1. The summed E-state index contributed by atoms with van der Waals surface area (Å²) in [4.78, 5) is 27.1. The van der Waals surface area contributed by atoms with Gasteiger partial charge in [-0.3, -0.25) is 4.98 Å². The number of amides is 1. The first-order chi connectivity index (χ1) is 11.1. The molecular weight excluding hydrogens is 296 g/mol. The number of carboxylic acids is 1. The number of rotatable bonds is 7. The Labute approximate surface area is 134 Å². The summed E-state index contributed by atoms with van der Waals surface area (Å²) in [5.74, 6) is -1.10. The van der Waals surface area contributed by atoms with Crippen LogP contribution in [0.4, 0.5) is 4.79 Å². The molecule has 2 N–H and O–H groups in total. The number of hydrogen-bond donors (Lipinski definition) is 2. The van der Waals surface area contributed by atoms with E-state index in [1.165, 1.54) is 0 Å². The lowest BCUT2D eigenvalue weighted by Crippen LogP contribution is -2.42. The summed E-state index contributed by atoms with van der Waals surface area (Å²) >= 11 is 0. The molecule has 0 saturated heterocycles. The Kier molecular flexibility index (Phi) is 6.11. The molecule has 1 aromatic heterocycles. The summed E-state index contributed by atoms with van der Waals surface area (Å²) in [6, 6.07) is 13.6. The molecule has 0 aliphatic heterocycles. The lowest BCUT2D eigenvalue weighted by molar-refractivity contribution is -0.139. The van der Waals surface area contributed by atoms with Gasteiger partial charge in [0.2, 0.25) is 0 Å². The van der Waals surface area contributed by atoms with Gasteiger partial charge in [-0.05, 0) is 17.7 Å². The number of benzene rings is 1. The first-order valence-electron chi connectivity index (χ1n) is 7.25. The molecule has 0 saturated carbocycles. The highest BCUT2D eigenvalue weighted by atomic mass is 16.5. The number of pyridine rings is 1. The van der Waals surface area contributed by atoms with E-state index < -0.39 is 18.1 Å². The maximum atomic E-state index is 11.7. The van der Waals surface area contributed by atoms with Gasteiger partial charge in [-0.1, -0.05) is 36.4 Å². The van der Waals surface area contributed by atoms with Crippen LogP contribution in [0.15, 0.2) is 54.7 Å². The van der Waals surface area contributed by atoms with E-state index in [0.717, 1.165) is 11.3 Å². The normalized spacial score (nSPS) is 11.5. The average Bonchev–Trinajstić information content (AvgIpc) is 2.56. The molecule has 23 heavy (non-hydrogen) atoms. The molecule has 2 aromatic rings. The van der Waals surface area contributed by atoms with Crippen LogP contribution in [-0.2, 0) is 22.4 Å². The van der Waals surface area contributed by atoms with Gasteiger partial charge in [-0.15, -0.1) is 0 Å². The van der Waals surface area contributed by atoms with E-state index in [0.29, 0.717) is 6.42 Å². The Balaban J connectivity index is 1.80. The third kappa shape index (κ3) is 5.78. The van der Waals surface area contributed by atoms with Crippen molar-refractivity contribution in [3.8, 4) is 0 Å². The molecule has 1 atom stereocenters. The Morgan fingerprint density at radius 2 is 1.87 bits per heavy atom. The number of carbonyl (C=O) groups excluding carboxylic acids is 1. The van der Waals surface area contributed by atoms with Gasteiger partial charge in [0, 0.05) is 24.7 Å². The molecule has 6 nitrogen and oxygen atoms in total. The zero-order valence-electron chi connectivity index (χ0n) is 12.5. The topological polar surface area (TPSA) is 88.5 Å². The minimum Gasteiger partial charge on any atom is -0.480 e. The molecule has 0 aliphatic rings. The number of alkyl carbamates (subject to hydrolysis) is 1. The molecule has 0 fully saturated rings. The maximum absolute atomic E-state index is 11.7. The fraction of sp³-hybridized carbons (Fsp3) is 0.235. The molecule has 0 bridgehead atoms. The number of hydrogen-bond acceptors (Lipinski definition) is 4. The molecule has 2 rings (SSSR count). The highest BCUT2D eigenvalue weighted by molar-refractivity contribution is 5.80. The van der Waals surface area contributed by atoms with Crippen LogP contribution in [-0.4, -0.2) is 34.8 Å². The van der Waals surface area contributed by atoms with Gasteiger partial charge in [0.25, 0.3) is 0 Å². The van der Waals surface area contributed by atoms with E-state index in [9.17, 15) is 14.7 Å². The predicted molar refractivity (Wildman–Crippen MR) is 84.0 cm³/mol. The van der Waals surface area contributed by atoms with E-state index >= 15 is 0 Å². The Morgan fingerprint density at radius 3 is 2.52 bits per heavy atom. The van der Waals surface area contributed by atoms with Gasteiger partial charge in [-0.2, -0.15) is 0 Å². The van der Waals surface area contributed by atoms with E-state index in [4.69, 9.17) is 4.74 Å². The third-order valence-corrected chi connectivity index (χ3v) is 3.19. The summed E-state index contributed by atoms with van der Waals surface area (Å²) in [6.45, 7) is 0.139. The maximum Gasteiger partial charge on any atom is 0.407 e. The number of nitrogens with zero attached hydrogens (tertiary/aromatic N) is 1. The molecule has 6 heteroatoms. The van der Waals surface area contributed by atoms with Crippen molar-refractivity contribution >= 4 is 12.1 Å². The third-order valence-electron chi connectivity index (χ3n) is 3.19. The van der Waals surface area contributed by atoms with Crippen molar-refractivity contribution < 1.29 is 19.4 Å². The van der Waals surface area contributed by atoms with Crippen molar-refractivity contribution in [3.05, 3.63) is 66.0 Å². The SMILES string of the molecule is O=C(N[C@@H](Cc1ccccc1)C(=O)O)OCCc1ccccn1. The van der Waals surface area contributed by atoms with Crippen molar-refractivity contribution in [3.63, 3.8) is 0 Å². The van der Waals surface area contributed by atoms with Crippen molar-refractivity contribution in [1.29, 1.82) is 0 Å². The fourth-order valence-corrected chi connectivity index (χ4v) is 2.03. The van der Waals surface area contributed by atoms with Crippen LogP contribution in [0.3, 0.4) is 0 Å². The van der Waals surface area contributed by atoms with E-state index in [-0.39, 0.29) is 13.0 Å². The average molecular weight is 314 g/mol. The van der Waals surface area contributed by atoms with Crippen LogP contribution < -0.4 is 5.32 Å². The number of aliphatic carboxylic acids is 1. The van der Waals surface area contributed by atoms with Crippen LogP contribution in [0, 0.1) is 0 Å². The van der Waals surface area contributed by atoms with Gasteiger partial charge in [0.15, 0.2) is 0 Å². The van der Waals surface area contributed by atoms with Crippen LogP contribution in [0.5, 0.6) is 0 Å². The number of carboxylic acid groups (broad SMARTS) is 1. The lowest BCUT2D eigenvalue weighted by atomic mass is 10.1. The second kappa shape index (κ2) is 8.53. The highest BCUT2D eigenvalue weighted by Crippen LogP contribution is 2.04. The minimum absolute atomic E-state index is 0.139. The van der Waals surface area contributed by atoms with E-state index in [1.54, 1.807) is 12.3 Å². The van der Waals surface area contributed by atoms with Crippen LogP contribution in [0.25, 0.3) is 0 Å². The zero-order valence-corrected chi connectivity index (χ0v) is 12.5. The van der Waals surface area contributed by atoms with Crippen molar-refractivity contribution in [2.75, 3.05) is 6.61 Å².